The Hall–Kier alpha value is -14.3. The van der Waals surface area contributed by atoms with Crippen molar-refractivity contribution in [2.24, 2.45) is 10.7 Å². The molecule has 6 aromatic carbocycles. The number of nitrogens with one attached hydrogen (secondary N) is 10. The molecule has 0 radical (unpaired) electrons. The van der Waals surface area contributed by atoms with E-state index in [1.807, 2.05) is 30.3 Å². The van der Waals surface area contributed by atoms with Crippen molar-refractivity contribution < 1.29 is 107 Å². The predicted molar refractivity (Wildman–Crippen MR) is 550 cm³/mol. The number of carboxylic acids is 4. The lowest BCUT2D eigenvalue weighted by atomic mass is 9.90. The highest BCUT2D eigenvalue weighted by molar-refractivity contribution is 8.77. The van der Waals surface area contributed by atoms with Gasteiger partial charge in [-0.25, -0.2) is 19.2 Å². The summed E-state index contributed by atoms with van der Waals surface area (Å²) < 4.78 is 11.9. The number of fused-ring (bicyclic) bond motifs is 6. The van der Waals surface area contributed by atoms with E-state index in [9.17, 15) is 107 Å². The second-order valence-electron chi connectivity index (χ2n) is 33.5. The van der Waals surface area contributed by atoms with E-state index in [0.29, 0.717) is 142 Å². The summed E-state index contributed by atoms with van der Waals surface area (Å²) in [6.07, 6.45) is 4.01. The third-order valence-electron chi connectivity index (χ3n) is 23.5. The Kier molecular flexibility index (Phi) is 39.6. The first kappa shape index (κ1) is 109. The molecule has 14 rings (SSSR count). The number of phenolic OH excluding ortho intramolecular Hbond substituents is 2. The van der Waals surface area contributed by atoms with Crippen LogP contribution in [0.5, 0.6) is 11.5 Å². The predicted octanol–water partition coefficient (Wildman–Crippen LogP) is 9.22. The molecule has 6 aliphatic heterocycles. The van der Waals surface area contributed by atoms with E-state index in [-0.39, 0.29) is 114 Å². The van der Waals surface area contributed by atoms with Gasteiger partial charge >= 0.3 is 23.9 Å². The zero-order chi connectivity index (χ0) is 102. The van der Waals surface area contributed by atoms with E-state index in [1.54, 1.807) is 78.9 Å². The lowest BCUT2D eigenvalue weighted by Crippen LogP contribution is -2.59. The number of anilines is 1. The molecule has 0 aromatic heterocycles. The number of nitrogens with zero attached hydrogens (tertiary/aromatic N) is 3. The molecule has 0 bridgehead atoms. The number of carbonyl (C=O) groups is 14. The van der Waals surface area contributed by atoms with Gasteiger partial charge in [0, 0.05) is 120 Å². The smallest absolute Gasteiger partial charge is 0.336 e. The summed E-state index contributed by atoms with van der Waals surface area (Å²) in [6, 6.07) is 33.9. The van der Waals surface area contributed by atoms with Crippen LogP contribution in [0.1, 0.15) is 117 Å². The highest BCUT2D eigenvalue weighted by Crippen LogP contribution is 2.44. The first-order valence-electron chi connectivity index (χ1n) is 45.1. The first-order chi connectivity index (χ1) is 68.1. The number of carbonyl (C=O) groups excluding carboxylic acids is 10. The van der Waals surface area contributed by atoms with Gasteiger partial charge in [-0.3, -0.25) is 57.5 Å². The highest BCUT2D eigenvalue weighted by Gasteiger charge is 2.43. The third kappa shape index (κ3) is 29.5. The molecule has 752 valence electrons. The number of hydrogen-bond acceptors (Lipinski definition) is 28. The molecule has 0 unspecified atom stereocenters. The number of aromatic hydroxyl groups is 2. The van der Waals surface area contributed by atoms with Crippen molar-refractivity contribution in [1.82, 2.24) is 57.7 Å². The Balaban J connectivity index is 0.000000229. The molecule has 2 aliphatic carbocycles. The zero-order valence-corrected chi connectivity index (χ0v) is 81.4. The van der Waals surface area contributed by atoms with Crippen LogP contribution in [0.25, 0.3) is 66.8 Å². The maximum absolute atomic E-state index is 14.3. The average molecular weight is 2070 g/mol. The van der Waals surface area contributed by atoms with Crippen LogP contribution in [0, 0.1) is 0 Å². The molecule has 0 saturated carbocycles. The monoisotopic (exact) mass is 2070 g/mol. The second-order valence-corrected chi connectivity index (χ2v) is 39.2. The van der Waals surface area contributed by atoms with Crippen LogP contribution >= 0.6 is 67.6 Å². The molecule has 10 amide bonds. The zero-order valence-electron chi connectivity index (χ0n) is 76.5. The van der Waals surface area contributed by atoms with Gasteiger partial charge in [0.25, 0.3) is 0 Å². The number of isothiocyanates is 1. The van der Waals surface area contributed by atoms with Gasteiger partial charge in [0.05, 0.1) is 22.0 Å². The van der Waals surface area contributed by atoms with Crippen LogP contribution in [0.3, 0.4) is 0 Å². The summed E-state index contributed by atoms with van der Waals surface area (Å²) >= 11 is 10.2. The Morgan fingerprint density at radius 1 is 0.510 bits per heavy atom. The lowest BCUT2D eigenvalue weighted by molar-refractivity contribution is -0.144. The number of amides is 10. The number of aromatic carboxylic acids is 2. The molecule has 6 aromatic rings. The van der Waals surface area contributed by atoms with Crippen molar-refractivity contribution in [2.75, 3.05) is 54.5 Å². The van der Waals surface area contributed by atoms with Gasteiger partial charge in [-0.15, -0.1) is 0 Å². The topological polar surface area (TPSA) is 586 Å². The number of aliphatic carboxylic acids is 2. The molecule has 10 atom stereocenters. The molecule has 0 spiro atoms. The van der Waals surface area contributed by atoms with Gasteiger partial charge in [-0.05, 0) is 202 Å². The molecule has 44 heteroatoms. The number of thiocarbonyl (C=S) groups is 2. The van der Waals surface area contributed by atoms with E-state index in [2.05, 4.69) is 75.5 Å². The van der Waals surface area contributed by atoms with Crippen molar-refractivity contribution in [1.29, 1.82) is 0 Å². The molecular weight excluding hydrogens is 1960 g/mol. The highest BCUT2D eigenvalue weighted by atomic mass is 33.1. The molecule has 18 N–H and O–H groups in total. The summed E-state index contributed by atoms with van der Waals surface area (Å²) in [6.45, 7) is 3.65. The minimum Gasteiger partial charge on any atom is -0.508 e. The average Bonchev–Trinajstić information content (AvgIpc) is 1.17. The van der Waals surface area contributed by atoms with Crippen molar-refractivity contribution in [2.45, 2.75) is 159 Å². The number of benzene rings is 8. The first-order valence-corrected chi connectivity index (χ1v) is 50.9. The van der Waals surface area contributed by atoms with E-state index in [1.165, 1.54) is 84.3 Å². The van der Waals surface area contributed by atoms with Gasteiger partial charge in [0.15, 0.2) is 16.0 Å². The Bertz CT molecular complexity index is 6530. The Labute approximate surface area is 845 Å². The number of hydrogen-bond donors (Lipinski definition) is 17. The lowest BCUT2D eigenvalue weighted by Gasteiger charge is -2.31. The summed E-state index contributed by atoms with van der Waals surface area (Å²) in [4.78, 5) is 213. The molecule has 38 nitrogen and oxygen atoms in total. The third-order valence-corrected chi connectivity index (χ3v) is 28.6. The number of carboxylic acid groups (broad SMARTS) is 4. The molecular formula is C99H106N14O24S6. The van der Waals surface area contributed by atoms with E-state index >= 15 is 0 Å². The van der Waals surface area contributed by atoms with Gasteiger partial charge in [-0.2, -0.15) is 4.99 Å². The quantitative estimate of drug-likeness (QED) is 0.00749. The molecule has 6 heterocycles. The fraction of sp³-hybridized carbons (Fsp3) is 0.333. The fourth-order valence-corrected chi connectivity index (χ4v) is 21.6. The number of unbranched alkanes of at least 4 members (excludes halogenated alkanes) is 2. The van der Waals surface area contributed by atoms with Crippen molar-refractivity contribution in [3.05, 3.63) is 213 Å². The second kappa shape index (κ2) is 51.9. The standard InChI is InChI=1S/C49H51N7O12S3.C28H40N6O8S2.C21H11NO4S.CH4/c1-26(57)51-36(21-27-11-14-29(58)15-12-27)43(60)54-37-24-70-71-25-38(48(66)67)55-45(62)39-9-6-20-56(39)46(63)35(53-44(37)61)8-4-5-19-50-49(69)52-28-13-17-31(34(22-28)47(64)65)42-32-7-2-3-10-40(32)68-41-23-30(59)16-18-33(41)42;1-16(35)30-20(13-17-7-9-18(36)10-8-17)24(37)32-21-14-43-44-15-22(28(41)42)33-26(39)23-6-4-12-34(23)27(40)19(31-25(21)38)5-2-3-11-29;23-13-6-8-16-19(10-13)26-18-4-2-1-3-15(18)20(16)14-7-5-12(22-11-27)9-17(14)21(24)25;/h2-3,7,10-18,22-23,35-39,58H,4-6,8-9,19-21,24-25H2,1H3,(H,51,57)(H,53,61)(H,54,60)(H,55,62)(H,64,65)(H,66,67)(H2,50,52,69);7-10,19-23,36H,2-6,11-15,29H2,1H3,(H,30,35)(H,31,38)(H,32,37)(H,33,39)(H,41,42);1-10H,(H,24,25);1H4/t35-,36-,37-,38-,39-;19-,20-,21-,22-,23-;;/m00../s1. The van der Waals surface area contributed by atoms with Gasteiger partial charge in [0.2, 0.25) is 59.1 Å². The summed E-state index contributed by atoms with van der Waals surface area (Å²) in [7, 11) is 4.42. The van der Waals surface area contributed by atoms with Crippen LogP contribution in [0.2, 0.25) is 0 Å². The van der Waals surface area contributed by atoms with Gasteiger partial charge < -0.3 is 108 Å². The SMILES string of the molecule is C.CC(=O)N[C@@H](Cc1ccc(O)cc1)C(=O)N[C@H]1CSSC[C@@H](C(=O)O)NC(=O)[C@@H]2CCCN2C(=O)[C@H](CCCCN)NC1=O.CC(=O)N[C@@H](Cc1ccc(O)cc1)C(=O)N[C@H]1CSSC[C@@H](C(=O)O)NC(=O)[C@@H]2CCCN2C(=O)[C@H](CCCCNC(=S)Nc2ccc(-c3c4ccc(=O)cc-4oc4ccccc34)c(C(=O)O)c2)NC1=O.O=C(O)c1cc(N=C=S)ccc1-c1c2ccc(=O)cc-2oc2ccccc12. The molecule has 4 saturated heterocycles. The number of para-hydroxylation sites is 2. The van der Waals surface area contributed by atoms with Crippen molar-refractivity contribution in [3.8, 4) is 56.4 Å². The maximum Gasteiger partial charge on any atom is 0.336 e. The van der Waals surface area contributed by atoms with Crippen LogP contribution in [-0.4, -0.2) is 243 Å². The number of nitrogens with two attached hydrogens (primary N) is 1. The van der Waals surface area contributed by atoms with Crippen molar-refractivity contribution in [3.63, 3.8) is 0 Å². The van der Waals surface area contributed by atoms with E-state index in [4.69, 9.17) is 26.8 Å². The number of rotatable bonds is 27. The minimum absolute atomic E-state index is 0. The molecule has 143 heavy (non-hydrogen) atoms. The van der Waals surface area contributed by atoms with Gasteiger partial charge in [-0.1, -0.05) is 123 Å². The fourth-order valence-electron chi connectivity index (χ4n) is 16.6. The van der Waals surface area contributed by atoms with Gasteiger partial charge in [0.1, 0.15) is 94.6 Å². The number of phenols is 2. The largest absolute Gasteiger partial charge is 0.508 e. The summed E-state index contributed by atoms with van der Waals surface area (Å²) in [5.41, 5.74) is 11.7. The Morgan fingerprint density at radius 3 is 1.36 bits per heavy atom. The molecule has 4 fully saturated rings. The van der Waals surface area contributed by atoms with E-state index in [0.717, 1.165) is 48.6 Å². The van der Waals surface area contributed by atoms with Crippen LogP contribution in [0.15, 0.2) is 193 Å². The molecule has 8 aliphatic rings. The van der Waals surface area contributed by atoms with Crippen molar-refractivity contribution >= 4 is 194 Å². The van der Waals surface area contributed by atoms with Crippen LogP contribution in [0.4, 0.5) is 11.4 Å². The normalized spacial score (nSPS) is 18.8. The van der Waals surface area contributed by atoms with E-state index < -0.39 is 143 Å². The summed E-state index contributed by atoms with van der Waals surface area (Å²) in [5.74, 6) is -10.1. The van der Waals surface area contributed by atoms with Crippen LogP contribution < -0.4 is 69.8 Å². The Morgan fingerprint density at radius 2 is 0.930 bits per heavy atom. The van der Waals surface area contributed by atoms with Crippen LogP contribution in [-0.2, 0) is 70.4 Å². The maximum atomic E-state index is 14.3. The number of aliphatic imine (C=N–C) groups is 1. The summed E-state index contributed by atoms with van der Waals surface area (Å²) in [5, 5.41) is 90.4. The minimum atomic E-state index is -1.30.